The van der Waals surface area contributed by atoms with Crippen molar-refractivity contribution in [1.82, 2.24) is 4.98 Å². The summed E-state index contributed by atoms with van der Waals surface area (Å²) < 4.78 is 5.77. The van der Waals surface area contributed by atoms with Gasteiger partial charge in [-0.25, -0.2) is 9.78 Å². The van der Waals surface area contributed by atoms with Gasteiger partial charge in [0.05, 0.1) is 16.8 Å². The van der Waals surface area contributed by atoms with E-state index in [0.29, 0.717) is 11.6 Å². The number of carbonyl (C=O) groups is 2. The number of hydrogen-bond acceptors (Lipinski definition) is 5. The van der Waals surface area contributed by atoms with Crippen LogP contribution < -0.4 is 10.1 Å². The smallest absolute Gasteiger partial charge is 0.337 e. The molecule has 1 amide bonds. The molecule has 0 bridgehead atoms. The zero-order valence-electron chi connectivity index (χ0n) is 15.7. The topological polar surface area (TPSA) is 109 Å². The third-order valence-electron chi connectivity index (χ3n) is 4.76. The van der Waals surface area contributed by atoms with Crippen LogP contribution in [0.4, 0.5) is 5.69 Å². The Kier molecular flexibility index (Phi) is 5.17. The Morgan fingerprint density at radius 2 is 1.77 bits per heavy atom. The number of nitrogens with zero attached hydrogens (tertiary/aromatic N) is 1. The summed E-state index contributed by atoms with van der Waals surface area (Å²) in [6.45, 7) is 0. The third kappa shape index (κ3) is 4.15. The Hall–Kier alpha value is -4.13. The van der Waals surface area contributed by atoms with Gasteiger partial charge in [-0.15, -0.1) is 0 Å². The Morgan fingerprint density at radius 3 is 2.53 bits per heavy atom. The average Bonchev–Trinajstić information content (AvgIpc) is 2.74. The van der Waals surface area contributed by atoms with Crippen LogP contribution in [0.2, 0.25) is 0 Å². The lowest BCUT2D eigenvalue weighted by atomic mass is 9.84. The number of aromatic nitrogens is 1. The van der Waals surface area contributed by atoms with Crippen molar-refractivity contribution in [3.63, 3.8) is 0 Å². The minimum absolute atomic E-state index is 0.00742. The van der Waals surface area contributed by atoms with Crippen molar-refractivity contribution >= 4 is 17.6 Å². The number of carbonyl (C=O) groups excluding carboxylic acids is 1. The number of carboxylic acids is 1. The van der Waals surface area contributed by atoms with Crippen LogP contribution >= 0.6 is 0 Å². The van der Waals surface area contributed by atoms with Gasteiger partial charge >= 0.3 is 5.97 Å². The average molecular weight is 402 g/mol. The number of hydrogen-bond donors (Lipinski definition) is 3. The molecule has 150 valence electrons. The number of benzene rings is 1. The quantitative estimate of drug-likeness (QED) is 0.695. The Morgan fingerprint density at radius 1 is 1.00 bits per heavy atom. The van der Waals surface area contributed by atoms with E-state index in [4.69, 9.17) is 4.74 Å². The highest BCUT2D eigenvalue weighted by atomic mass is 16.5. The number of pyridine rings is 1. The SMILES string of the molecule is O=C(Nc1ccccc1C(=O)O)c1ccc(OC2=CC3C=CC(O)=CC3C=C2)nc1. The van der Waals surface area contributed by atoms with Gasteiger partial charge in [-0.05, 0) is 42.5 Å². The molecule has 4 rings (SSSR count). The van der Waals surface area contributed by atoms with E-state index in [2.05, 4.69) is 10.3 Å². The number of aromatic carboxylic acids is 1. The number of rotatable bonds is 5. The van der Waals surface area contributed by atoms with Gasteiger partial charge in [0.1, 0.15) is 11.5 Å². The summed E-state index contributed by atoms with van der Waals surface area (Å²) in [4.78, 5) is 27.9. The molecule has 0 fully saturated rings. The van der Waals surface area contributed by atoms with Crippen molar-refractivity contribution in [3.05, 3.63) is 102 Å². The molecule has 2 aliphatic rings. The van der Waals surface area contributed by atoms with Crippen molar-refractivity contribution in [2.45, 2.75) is 0 Å². The van der Waals surface area contributed by atoms with Crippen molar-refractivity contribution in [2.75, 3.05) is 5.32 Å². The molecule has 2 aliphatic carbocycles. The summed E-state index contributed by atoms with van der Waals surface area (Å²) in [5.41, 5.74) is 0.489. The number of amides is 1. The standard InChI is InChI=1S/C23H18N2O5/c26-17-8-5-15-12-18(9-6-14(15)11-17)30-21-10-7-16(13-24-21)22(27)25-20-4-2-1-3-19(20)23(28)29/h1-15,26H,(H,25,27)(H,28,29). The Labute approximate surface area is 172 Å². The number of nitrogens with one attached hydrogen (secondary N) is 1. The van der Waals surface area contributed by atoms with Crippen molar-refractivity contribution in [2.24, 2.45) is 11.8 Å². The van der Waals surface area contributed by atoms with E-state index in [0.717, 1.165) is 0 Å². The fourth-order valence-electron chi connectivity index (χ4n) is 3.24. The van der Waals surface area contributed by atoms with Crippen LogP contribution in [-0.2, 0) is 0 Å². The van der Waals surface area contributed by atoms with Gasteiger partial charge in [0.2, 0.25) is 5.88 Å². The molecule has 0 saturated carbocycles. The number of aliphatic hydroxyl groups is 1. The molecule has 2 aromatic rings. The van der Waals surface area contributed by atoms with Crippen LogP contribution in [0.15, 0.2) is 90.6 Å². The molecule has 3 N–H and O–H groups in total. The third-order valence-corrected chi connectivity index (χ3v) is 4.76. The molecular weight excluding hydrogens is 384 g/mol. The molecule has 0 radical (unpaired) electrons. The molecular formula is C23H18N2O5. The second kappa shape index (κ2) is 8.08. The molecule has 30 heavy (non-hydrogen) atoms. The summed E-state index contributed by atoms with van der Waals surface area (Å²) in [7, 11) is 0. The monoisotopic (exact) mass is 402 g/mol. The summed E-state index contributed by atoms with van der Waals surface area (Å²) in [6, 6.07) is 9.30. The van der Waals surface area contributed by atoms with Crippen LogP contribution in [-0.4, -0.2) is 27.1 Å². The number of ether oxygens (including phenoxy) is 1. The lowest BCUT2D eigenvalue weighted by molar-refractivity contribution is 0.0698. The lowest BCUT2D eigenvalue weighted by Gasteiger charge is -2.23. The molecule has 7 nitrogen and oxygen atoms in total. The predicted molar refractivity (Wildman–Crippen MR) is 110 cm³/mol. The van der Waals surface area contributed by atoms with Crippen molar-refractivity contribution in [1.29, 1.82) is 0 Å². The molecule has 0 saturated heterocycles. The van der Waals surface area contributed by atoms with Gasteiger partial charge in [-0.3, -0.25) is 4.79 Å². The largest absolute Gasteiger partial charge is 0.508 e. The first-order chi connectivity index (χ1) is 14.5. The van der Waals surface area contributed by atoms with Gasteiger partial charge in [0.15, 0.2) is 0 Å². The molecule has 1 aromatic carbocycles. The fraction of sp³-hybridized carbons (Fsp3) is 0.0870. The lowest BCUT2D eigenvalue weighted by Crippen LogP contribution is -2.16. The number of anilines is 1. The molecule has 0 spiro atoms. The number of para-hydroxylation sites is 1. The maximum Gasteiger partial charge on any atom is 0.337 e. The Balaban J connectivity index is 1.43. The van der Waals surface area contributed by atoms with Crippen LogP contribution in [0.1, 0.15) is 20.7 Å². The van der Waals surface area contributed by atoms with Crippen molar-refractivity contribution in [3.8, 4) is 5.88 Å². The van der Waals surface area contributed by atoms with Crippen LogP contribution in [0.3, 0.4) is 0 Å². The molecule has 2 atom stereocenters. The van der Waals surface area contributed by atoms with E-state index in [1.165, 1.54) is 18.3 Å². The fourth-order valence-corrected chi connectivity index (χ4v) is 3.24. The second-order valence-corrected chi connectivity index (χ2v) is 6.83. The summed E-state index contributed by atoms with van der Waals surface area (Å²) >= 11 is 0. The van der Waals surface area contributed by atoms with Gasteiger partial charge in [0, 0.05) is 24.1 Å². The highest BCUT2D eigenvalue weighted by Gasteiger charge is 2.21. The first-order valence-electron chi connectivity index (χ1n) is 9.26. The van der Waals surface area contributed by atoms with Crippen LogP contribution in [0.25, 0.3) is 0 Å². The van der Waals surface area contributed by atoms with E-state index in [1.54, 1.807) is 36.4 Å². The number of allylic oxidation sites excluding steroid dienone is 6. The van der Waals surface area contributed by atoms with Gasteiger partial charge in [-0.2, -0.15) is 0 Å². The summed E-state index contributed by atoms with van der Waals surface area (Å²) in [5.74, 6) is -0.208. The first-order valence-corrected chi connectivity index (χ1v) is 9.26. The zero-order chi connectivity index (χ0) is 21.1. The van der Waals surface area contributed by atoms with E-state index in [-0.39, 0.29) is 34.4 Å². The van der Waals surface area contributed by atoms with E-state index >= 15 is 0 Å². The minimum atomic E-state index is -1.12. The molecule has 2 unspecified atom stereocenters. The van der Waals surface area contributed by atoms with Gasteiger partial charge < -0.3 is 20.3 Å². The number of carboxylic acid groups (broad SMARTS) is 1. The first kappa shape index (κ1) is 19.2. The number of aliphatic hydroxyl groups excluding tert-OH is 1. The summed E-state index contributed by atoms with van der Waals surface area (Å²) in [6.07, 6.45) is 12.4. The van der Waals surface area contributed by atoms with Crippen molar-refractivity contribution < 1.29 is 24.5 Å². The maximum absolute atomic E-state index is 12.4. The summed E-state index contributed by atoms with van der Waals surface area (Å²) in [5, 5.41) is 21.4. The Bertz CT molecular complexity index is 1110. The zero-order valence-corrected chi connectivity index (χ0v) is 15.7. The second-order valence-electron chi connectivity index (χ2n) is 6.83. The van der Waals surface area contributed by atoms with Gasteiger partial charge in [-0.1, -0.05) is 24.3 Å². The highest BCUT2D eigenvalue weighted by molar-refractivity contribution is 6.07. The van der Waals surface area contributed by atoms with Gasteiger partial charge in [0.25, 0.3) is 5.91 Å². The molecule has 0 aliphatic heterocycles. The highest BCUT2D eigenvalue weighted by Crippen LogP contribution is 2.30. The predicted octanol–water partition coefficient (Wildman–Crippen LogP) is 4.11. The van der Waals surface area contributed by atoms with E-state index in [9.17, 15) is 19.8 Å². The van der Waals surface area contributed by atoms with E-state index in [1.807, 2.05) is 24.3 Å². The molecule has 1 heterocycles. The minimum Gasteiger partial charge on any atom is -0.508 e. The number of fused-ring (bicyclic) bond motifs is 1. The van der Waals surface area contributed by atoms with Crippen LogP contribution in [0.5, 0.6) is 5.88 Å². The van der Waals surface area contributed by atoms with E-state index < -0.39 is 11.9 Å². The molecule has 1 aromatic heterocycles. The maximum atomic E-state index is 12.4. The normalized spacial score (nSPS) is 19.3. The van der Waals surface area contributed by atoms with Crippen LogP contribution in [0, 0.1) is 11.8 Å². The molecule has 7 heteroatoms.